The first-order valence-corrected chi connectivity index (χ1v) is 19.9. The molecule has 2 saturated heterocycles. The van der Waals surface area contributed by atoms with Crippen LogP contribution in [0.25, 0.3) is 0 Å². The standard InChI is InChI=1S/C24H24BrNO4S.C18H19NO4/c1-26-10-9-24-12-17(28)18(30-2)11-14(24)21(26)23(31-19-6-4-3-5-15(19)25)13-7-8-16(27)22(29)20(13)24;1-19-6-5-18-9-14(21)15(23-2)8-11(18)12(19)7-10-3-4-13(20)17(22)16(10)18/h3-8,11,14,21,23,27,29H,9-10,12H2,1-2H3;3-4,7-8,11-12,22H,5-6,9H2,1-2H3/t14?,21-,23-,24-;11?,12-,18+/m10/s1. The summed E-state index contributed by atoms with van der Waals surface area (Å²) in [6.45, 7) is 1.63. The molecule has 7 atom stereocenters. The van der Waals surface area contributed by atoms with Crippen LogP contribution in [-0.2, 0) is 29.3 Å². The topological polar surface area (TPSA) is 137 Å². The van der Waals surface area contributed by atoms with Gasteiger partial charge in [0.2, 0.25) is 5.78 Å². The van der Waals surface area contributed by atoms with E-state index >= 15 is 0 Å². The molecular weight excluding hydrogens is 772 g/mol. The molecule has 0 radical (unpaired) electrons. The molecule has 0 amide bonds. The molecule has 0 spiro atoms. The second kappa shape index (κ2) is 13.6. The molecule has 7 aliphatic rings. The number of fused-ring (bicyclic) bond motifs is 2. The fraction of sp³-hybridized carbons (Fsp3) is 0.405. The summed E-state index contributed by atoms with van der Waals surface area (Å²) >= 11 is 5.41. The highest BCUT2D eigenvalue weighted by atomic mass is 79.9. The minimum atomic E-state index is -0.542. The fourth-order valence-corrected chi connectivity index (χ4v) is 12.3. The third-order valence-corrected chi connectivity index (χ3v) is 15.2. The Morgan fingerprint density at radius 3 is 2.17 bits per heavy atom. The first-order valence-electron chi connectivity index (χ1n) is 18.2. The number of aliphatic hydroxyl groups excluding tert-OH is 1. The van der Waals surface area contributed by atoms with E-state index in [0.717, 1.165) is 52.0 Å². The molecular formula is C42H43BrN2O8S. The number of likely N-dealkylation sites (N-methyl/N-ethyl adjacent to an activating group) is 2. The van der Waals surface area contributed by atoms with Gasteiger partial charge in [-0.1, -0.05) is 30.4 Å². The molecule has 2 aliphatic heterocycles. The lowest BCUT2D eigenvalue weighted by atomic mass is 9.53. The van der Waals surface area contributed by atoms with Gasteiger partial charge in [-0.05, 0) is 104 Å². The van der Waals surface area contributed by atoms with Crippen LogP contribution in [0.5, 0.6) is 11.5 Å². The van der Waals surface area contributed by atoms with Crippen molar-refractivity contribution in [3.63, 3.8) is 0 Å². The Morgan fingerprint density at radius 2 is 1.46 bits per heavy atom. The number of phenolic OH excluding ortho intramolecular Hbond substituents is 2. The zero-order valence-electron chi connectivity index (χ0n) is 30.5. The van der Waals surface area contributed by atoms with Crippen molar-refractivity contribution in [1.82, 2.24) is 9.80 Å². The van der Waals surface area contributed by atoms with E-state index in [-0.39, 0.29) is 76.6 Å². The van der Waals surface area contributed by atoms with Crippen molar-refractivity contribution in [2.24, 2.45) is 17.3 Å². The van der Waals surface area contributed by atoms with Crippen LogP contribution in [0.4, 0.5) is 0 Å². The number of hydrogen-bond donors (Lipinski definition) is 3. The van der Waals surface area contributed by atoms with Crippen LogP contribution in [0, 0.1) is 17.3 Å². The lowest BCUT2D eigenvalue weighted by molar-refractivity contribution is -0.124. The predicted molar refractivity (Wildman–Crippen MR) is 207 cm³/mol. The molecule has 2 unspecified atom stereocenters. The normalized spacial score (nSPS) is 32.5. The summed E-state index contributed by atoms with van der Waals surface area (Å²) in [6.07, 6.45) is 11.1. The van der Waals surface area contributed by atoms with Crippen LogP contribution >= 0.6 is 27.7 Å². The van der Waals surface area contributed by atoms with Crippen molar-refractivity contribution >= 4 is 45.0 Å². The molecule has 0 saturated carbocycles. The highest BCUT2D eigenvalue weighted by Gasteiger charge is 2.60. The molecule has 2 fully saturated rings. The smallest absolute Gasteiger partial charge is 0.220 e. The number of allylic oxidation sites excluding steroid dienone is 6. The first kappa shape index (κ1) is 36.9. The lowest BCUT2D eigenvalue weighted by Crippen LogP contribution is -2.61. The van der Waals surface area contributed by atoms with E-state index in [1.807, 2.05) is 36.4 Å². The molecule has 2 heterocycles. The van der Waals surface area contributed by atoms with Gasteiger partial charge in [-0.25, -0.2) is 0 Å². The fourth-order valence-electron chi connectivity index (χ4n) is 10.3. The number of aliphatic hydroxyl groups is 1. The highest BCUT2D eigenvalue weighted by molar-refractivity contribution is 9.10. The van der Waals surface area contributed by atoms with Crippen molar-refractivity contribution in [2.45, 2.75) is 53.3 Å². The second-order valence-electron chi connectivity index (χ2n) is 15.4. The van der Waals surface area contributed by atoms with E-state index < -0.39 is 10.8 Å². The number of methoxy groups -OCH3 is 2. The average molecular weight is 816 g/mol. The summed E-state index contributed by atoms with van der Waals surface area (Å²) in [5.74, 6) is -0.121. The SMILES string of the molecule is COC1=CC2[C@@H]3C=C4C=CC(=O)C(O)=C4[C@]2(CCN3C)CC1=O.COC1=CC2[C@@H]3[C@H](Sc4ccccc4Br)c4ccc(O)c(O)c4[C@]2(CCN3C)CC1=O. The van der Waals surface area contributed by atoms with E-state index in [1.165, 1.54) is 20.3 Å². The maximum Gasteiger partial charge on any atom is 0.220 e. The Morgan fingerprint density at radius 1 is 0.815 bits per heavy atom. The first-order chi connectivity index (χ1) is 25.8. The van der Waals surface area contributed by atoms with Crippen LogP contribution in [0.2, 0.25) is 0 Å². The molecule has 2 aromatic rings. The van der Waals surface area contributed by atoms with Crippen LogP contribution in [0.15, 0.2) is 105 Å². The second-order valence-corrected chi connectivity index (χ2v) is 17.4. The number of likely N-dealkylation sites (tertiary alicyclic amines) is 2. The summed E-state index contributed by atoms with van der Waals surface area (Å²) in [5, 5.41) is 31.9. The van der Waals surface area contributed by atoms with Crippen LogP contribution in [-0.4, -0.2) is 96.0 Å². The van der Waals surface area contributed by atoms with Gasteiger partial charge < -0.3 is 29.7 Å². The number of piperidine rings is 2. The third-order valence-electron chi connectivity index (χ3n) is 12.9. The molecule has 3 N–H and O–H groups in total. The predicted octanol–water partition coefficient (Wildman–Crippen LogP) is 6.46. The quantitative estimate of drug-likeness (QED) is 0.294. The number of carbonyl (C=O) groups excluding carboxylic acids is 3. The number of halogens is 1. The number of benzene rings is 2. The molecule has 9 rings (SSSR count). The van der Waals surface area contributed by atoms with Gasteiger partial charge in [-0.3, -0.25) is 19.3 Å². The van der Waals surface area contributed by atoms with E-state index in [9.17, 15) is 29.7 Å². The van der Waals surface area contributed by atoms with Crippen LogP contribution in [0.3, 0.4) is 0 Å². The molecule has 54 heavy (non-hydrogen) atoms. The monoisotopic (exact) mass is 814 g/mol. The number of nitrogens with zero attached hydrogens (tertiary/aromatic N) is 2. The summed E-state index contributed by atoms with van der Waals surface area (Å²) in [4.78, 5) is 43.1. The van der Waals surface area contributed by atoms with Crippen molar-refractivity contribution in [3.05, 3.63) is 111 Å². The molecule has 5 aliphatic carbocycles. The van der Waals surface area contributed by atoms with E-state index in [2.05, 4.69) is 52.0 Å². The zero-order chi connectivity index (χ0) is 38.3. The molecule has 282 valence electrons. The maximum atomic E-state index is 12.9. The van der Waals surface area contributed by atoms with Gasteiger partial charge in [0.05, 0.1) is 19.5 Å². The van der Waals surface area contributed by atoms with E-state index in [4.69, 9.17) is 9.47 Å². The Kier molecular flexibility index (Phi) is 9.27. The third kappa shape index (κ3) is 5.46. The van der Waals surface area contributed by atoms with Crippen molar-refractivity contribution < 1.29 is 39.2 Å². The summed E-state index contributed by atoms with van der Waals surface area (Å²) in [5.41, 5.74) is 2.19. The number of ketones is 3. The van der Waals surface area contributed by atoms with Gasteiger partial charge in [0.25, 0.3) is 0 Å². The number of rotatable bonds is 4. The summed E-state index contributed by atoms with van der Waals surface area (Å²) < 4.78 is 11.7. The van der Waals surface area contributed by atoms with Crippen LogP contribution in [0.1, 0.15) is 42.1 Å². The lowest BCUT2D eigenvalue weighted by Gasteiger charge is -2.58. The molecule has 2 aromatic carbocycles. The van der Waals surface area contributed by atoms with Crippen molar-refractivity contribution in [1.29, 1.82) is 0 Å². The van der Waals surface area contributed by atoms with Crippen molar-refractivity contribution in [3.8, 4) is 11.5 Å². The van der Waals surface area contributed by atoms with Crippen LogP contribution < -0.4 is 0 Å². The van der Waals surface area contributed by atoms with Gasteiger partial charge in [0, 0.05) is 68.1 Å². The average Bonchev–Trinajstić information content (AvgIpc) is 3.15. The number of carbonyl (C=O) groups is 3. The highest BCUT2D eigenvalue weighted by Crippen LogP contribution is 2.64. The Balaban J connectivity index is 0.000000160. The summed E-state index contributed by atoms with van der Waals surface area (Å²) in [6, 6.07) is 11.8. The van der Waals surface area contributed by atoms with E-state index in [0.29, 0.717) is 17.1 Å². The minimum Gasteiger partial charge on any atom is -0.504 e. The Hall–Kier alpha value is -4.10. The molecule has 4 bridgehead atoms. The largest absolute Gasteiger partial charge is 0.504 e. The van der Waals surface area contributed by atoms with Gasteiger partial charge in [0.1, 0.15) is 0 Å². The molecule has 12 heteroatoms. The minimum absolute atomic E-state index is 0.00573. The number of thioether (sulfide) groups is 1. The zero-order valence-corrected chi connectivity index (χ0v) is 32.9. The molecule has 10 nitrogen and oxygen atoms in total. The van der Waals surface area contributed by atoms with Gasteiger partial charge in [-0.15, -0.1) is 11.8 Å². The number of Topliss-reactive ketones (excluding diaryl/α,β-unsaturated/α-hetero) is 2. The Labute approximate surface area is 327 Å². The summed E-state index contributed by atoms with van der Waals surface area (Å²) in [7, 11) is 7.24. The molecule has 0 aromatic heterocycles. The number of hydrogen-bond acceptors (Lipinski definition) is 11. The number of aromatic hydroxyl groups is 2. The van der Waals surface area contributed by atoms with E-state index in [1.54, 1.807) is 23.9 Å². The van der Waals surface area contributed by atoms with Gasteiger partial charge in [0.15, 0.2) is 40.3 Å². The maximum absolute atomic E-state index is 12.9. The number of ether oxygens (including phenoxy) is 2. The van der Waals surface area contributed by atoms with Gasteiger partial charge >= 0.3 is 0 Å². The van der Waals surface area contributed by atoms with Crippen molar-refractivity contribution in [2.75, 3.05) is 41.4 Å². The number of phenols is 2. The van der Waals surface area contributed by atoms with Gasteiger partial charge in [-0.2, -0.15) is 0 Å². The Bertz CT molecular complexity index is 2140.